The van der Waals surface area contributed by atoms with Crippen molar-refractivity contribution in [3.05, 3.63) is 48.0 Å². The number of hydrogen-bond donors (Lipinski definition) is 0. The number of carbonyl (C=O) groups is 1. The number of allylic oxidation sites excluding steroid dienone is 2. The van der Waals surface area contributed by atoms with Gasteiger partial charge in [0, 0.05) is 11.0 Å². The lowest BCUT2D eigenvalue weighted by Gasteiger charge is -2.49. The van der Waals surface area contributed by atoms with E-state index in [2.05, 4.69) is 12.2 Å². The van der Waals surface area contributed by atoms with Gasteiger partial charge in [-0.05, 0) is 37.0 Å². The fourth-order valence-electron chi connectivity index (χ4n) is 4.39. The number of ketones is 1. The fraction of sp³-hybridized carbons (Fsp3) is 0.438. The van der Waals surface area contributed by atoms with Crippen LogP contribution < -0.4 is 0 Å². The summed E-state index contributed by atoms with van der Waals surface area (Å²) in [5.41, 5.74) is 0.902. The lowest BCUT2D eigenvalue weighted by molar-refractivity contribution is 0.0203. The molecule has 0 saturated heterocycles. The fourth-order valence-corrected chi connectivity index (χ4v) is 4.39. The Bertz CT molecular complexity index is 502. The van der Waals surface area contributed by atoms with Crippen molar-refractivity contribution >= 4 is 5.78 Å². The predicted octanol–water partition coefficient (Wildman–Crippen LogP) is 3.47. The maximum Gasteiger partial charge on any atom is 0.169 e. The van der Waals surface area contributed by atoms with Crippen LogP contribution in [0.2, 0.25) is 0 Å². The molecule has 0 amide bonds. The second kappa shape index (κ2) is 3.10. The Balaban J connectivity index is 1.76. The highest BCUT2D eigenvalue weighted by atomic mass is 16.1. The second-order valence-corrected chi connectivity index (χ2v) is 5.77. The van der Waals surface area contributed by atoms with Crippen LogP contribution in [0.15, 0.2) is 42.5 Å². The minimum absolute atomic E-state index is 0.0131. The molecule has 0 aromatic heterocycles. The van der Waals surface area contributed by atoms with Crippen LogP contribution in [0.4, 0.5) is 0 Å². The Morgan fingerprint density at radius 3 is 2.65 bits per heavy atom. The van der Waals surface area contributed by atoms with E-state index in [4.69, 9.17) is 0 Å². The third-order valence-electron chi connectivity index (χ3n) is 5.28. The van der Waals surface area contributed by atoms with E-state index < -0.39 is 0 Å². The maximum atomic E-state index is 12.8. The second-order valence-electron chi connectivity index (χ2n) is 5.77. The molecule has 1 aromatic carbocycles. The van der Waals surface area contributed by atoms with Crippen molar-refractivity contribution in [1.82, 2.24) is 0 Å². The van der Waals surface area contributed by atoms with E-state index in [1.165, 1.54) is 12.8 Å². The maximum absolute atomic E-state index is 12.8. The van der Waals surface area contributed by atoms with Crippen LogP contribution in [0.25, 0.3) is 0 Å². The monoisotopic (exact) mass is 224 g/mol. The third kappa shape index (κ3) is 1.03. The number of rotatable bonds is 2. The number of benzene rings is 1. The Morgan fingerprint density at radius 1 is 1.18 bits per heavy atom. The van der Waals surface area contributed by atoms with Crippen molar-refractivity contribution in [1.29, 1.82) is 0 Å². The molecule has 2 bridgehead atoms. The van der Waals surface area contributed by atoms with Crippen LogP contribution in [0, 0.1) is 23.2 Å². The normalized spacial score (nSPS) is 41.1. The van der Waals surface area contributed by atoms with Gasteiger partial charge in [-0.25, -0.2) is 0 Å². The van der Waals surface area contributed by atoms with Crippen molar-refractivity contribution in [2.75, 3.05) is 0 Å². The van der Waals surface area contributed by atoms with Crippen molar-refractivity contribution < 1.29 is 4.79 Å². The summed E-state index contributed by atoms with van der Waals surface area (Å²) in [5.74, 6) is 2.27. The lowest BCUT2D eigenvalue weighted by atomic mass is 9.52. The quantitative estimate of drug-likeness (QED) is 0.555. The minimum atomic E-state index is -0.0131. The van der Waals surface area contributed by atoms with Gasteiger partial charge in [0.25, 0.3) is 0 Å². The molecule has 0 heterocycles. The average Bonchev–Trinajstić information content (AvgIpc) is 2.85. The van der Waals surface area contributed by atoms with Gasteiger partial charge in [0.1, 0.15) is 0 Å². The summed E-state index contributed by atoms with van der Waals surface area (Å²) in [6.07, 6.45) is 8.25. The van der Waals surface area contributed by atoms with Crippen LogP contribution in [0.5, 0.6) is 0 Å². The van der Waals surface area contributed by atoms with Gasteiger partial charge >= 0.3 is 0 Å². The molecule has 2 fully saturated rings. The molecule has 86 valence electrons. The first-order chi connectivity index (χ1) is 8.32. The van der Waals surface area contributed by atoms with Gasteiger partial charge in [-0.3, -0.25) is 4.79 Å². The first-order valence-electron chi connectivity index (χ1n) is 6.60. The summed E-state index contributed by atoms with van der Waals surface area (Å²) in [7, 11) is 0. The molecule has 0 aliphatic heterocycles. The van der Waals surface area contributed by atoms with Gasteiger partial charge in [-0.15, -0.1) is 0 Å². The number of Topliss-reactive ketones (excluding diaryl/α,β-unsaturated/α-hetero) is 1. The molecule has 3 aliphatic carbocycles. The molecule has 4 atom stereocenters. The van der Waals surface area contributed by atoms with Crippen LogP contribution in [-0.2, 0) is 0 Å². The van der Waals surface area contributed by atoms with E-state index in [9.17, 15) is 4.79 Å². The summed E-state index contributed by atoms with van der Waals surface area (Å²) in [6.45, 7) is 0. The zero-order chi connectivity index (χ0) is 11.5. The summed E-state index contributed by atoms with van der Waals surface area (Å²) < 4.78 is 0. The van der Waals surface area contributed by atoms with E-state index in [1.807, 2.05) is 30.3 Å². The molecular formula is C16H16O. The van der Waals surface area contributed by atoms with E-state index in [0.29, 0.717) is 23.5 Å². The topological polar surface area (TPSA) is 17.1 Å². The molecular weight excluding hydrogens is 208 g/mol. The van der Waals surface area contributed by atoms with Crippen molar-refractivity contribution in [2.45, 2.75) is 19.3 Å². The highest BCUT2D eigenvalue weighted by Gasteiger charge is 2.64. The molecule has 0 N–H and O–H groups in total. The average molecular weight is 224 g/mol. The van der Waals surface area contributed by atoms with Crippen LogP contribution in [-0.4, -0.2) is 5.78 Å². The molecule has 2 saturated carbocycles. The summed E-state index contributed by atoms with van der Waals surface area (Å²) in [4.78, 5) is 12.8. The Hall–Kier alpha value is -1.37. The van der Waals surface area contributed by atoms with E-state index in [1.54, 1.807) is 0 Å². The minimum Gasteiger partial charge on any atom is -0.294 e. The van der Waals surface area contributed by atoms with Gasteiger partial charge in [0.2, 0.25) is 0 Å². The molecule has 3 aliphatic rings. The zero-order valence-corrected chi connectivity index (χ0v) is 9.80. The largest absolute Gasteiger partial charge is 0.294 e. The Kier molecular flexibility index (Phi) is 1.76. The highest BCUT2D eigenvalue weighted by Crippen LogP contribution is 2.67. The highest BCUT2D eigenvalue weighted by molar-refractivity contribution is 6.02. The van der Waals surface area contributed by atoms with Crippen molar-refractivity contribution in [3.63, 3.8) is 0 Å². The van der Waals surface area contributed by atoms with Crippen LogP contribution in [0.1, 0.15) is 29.6 Å². The smallest absolute Gasteiger partial charge is 0.169 e. The lowest BCUT2D eigenvalue weighted by Crippen LogP contribution is -2.49. The van der Waals surface area contributed by atoms with Gasteiger partial charge in [-0.1, -0.05) is 42.5 Å². The van der Waals surface area contributed by atoms with Crippen LogP contribution >= 0.6 is 0 Å². The SMILES string of the molecule is O=C(c1ccccc1)[C@@]12CC[C@@H]1[C@H]1C=C[C@@H]2C1. The van der Waals surface area contributed by atoms with Crippen molar-refractivity contribution in [2.24, 2.45) is 23.2 Å². The van der Waals surface area contributed by atoms with Crippen molar-refractivity contribution in [3.8, 4) is 0 Å². The summed E-state index contributed by atoms with van der Waals surface area (Å²) >= 11 is 0. The molecule has 1 nitrogen and oxygen atoms in total. The molecule has 0 spiro atoms. The van der Waals surface area contributed by atoms with Gasteiger partial charge < -0.3 is 0 Å². The number of hydrogen-bond acceptors (Lipinski definition) is 1. The zero-order valence-electron chi connectivity index (χ0n) is 9.80. The standard InChI is InChI=1S/C16H16O/c17-15(11-4-2-1-3-5-11)16-9-8-14(16)12-6-7-13(16)10-12/h1-7,12-14H,8-10H2/t12-,13+,14+,16+/m0/s1. The third-order valence-corrected chi connectivity index (χ3v) is 5.28. The molecule has 1 heteroatoms. The first-order valence-corrected chi connectivity index (χ1v) is 6.60. The summed E-state index contributed by atoms with van der Waals surface area (Å²) in [5, 5.41) is 0. The van der Waals surface area contributed by atoms with E-state index in [0.717, 1.165) is 12.0 Å². The summed E-state index contributed by atoms with van der Waals surface area (Å²) in [6, 6.07) is 9.87. The Labute approximate surface area is 102 Å². The van der Waals surface area contributed by atoms with Gasteiger partial charge in [-0.2, -0.15) is 0 Å². The molecule has 0 radical (unpaired) electrons. The van der Waals surface area contributed by atoms with Gasteiger partial charge in [0.05, 0.1) is 0 Å². The molecule has 17 heavy (non-hydrogen) atoms. The van der Waals surface area contributed by atoms with E-state index in [-0.39, 0.29) is 5.41 Å². The first kappa shape index (κ1) is 9.64. The number of carbonyl (C=O) groups excluding carboxylic acids is 1. The van der Waals surface area contributed by atoms with Crippen LogP contribution in [0.3, 0.4) is 0 Å². The predicted molar refractivity (Wildman–Crippen MR) is 66.7 cm³/mol. The number of fused-ring (bicyclic) bond motifs is 5. The van der Waals surface area contributed by atoms with E-state index >= 15 is 0 Å². The van der Waals surface area contributed by atoms with Gasteiger partial charge in [0.15, 0.2) is 5.78 Å². The molecule has 1 aromatic rings. The molecule has 4 rings (SSSR count). The molecule has 0 unspecified atom stereocenters. The Morgan fingerprint density at radius 2 is 2.00 bits per heavy atom.